The molecule has 9 heteroatoms. The Kier molecular flexibility index (Phi) is 4.98. The van der Waals surface area contributed by atoms with Gasteiger partial charge < -0.3 is 4.74 Å². The number of aromatic nitrogens is 3. The minimum Gasteiger partial charge on any atom is -0.360 e. The molecular weight excluding hydrogens is 379 g/mol. The summed E-state index contributed by atoms with van der Waals surface area (Å²) in [5.41, 5.74) is -0.608. The first-order valence-electron chi connectivity index (χ1n) is 6.75. The Bertz CT molecular complexity index is 667. The van der Waals surface area contributed by atoms with E-state index in [2.05, 4.69) is 45.7 Å². The summed E-state index contributed by atoms with van der Waals surface area (Å²) in [6.45, 7) is 7.14. The fourth-order valence-corrected chi connectivity index (χ4v) is 2.97. The maximum absolute atomic E-state index is 13.1. The molecule has 2 aromatic rings. The Labute approximate surface area is 135 Å². The molecule has 22 heavy (non-hydrogen) atoms. The zero-order valence-corrected chi connectivity index (χ0v) is 15.1. The number of nitrogens with zero attached hydrogens (tertiary/aromatic N) is 3. The van der Waals surface area contributed by atoms with Crippen LogP contribution in [0.4, 0.5) is 13.2 Å². The highest BCUT2D eigenvalue weighted by molar-refractivity contribution is 9.10. The van der Waals surface area contributed by atoms with Gasteiger partial charge in [-0.2, -0.15) is 18.3 Å². The summed E-state index contributed by atoms with van der Waals surface area (Å²) < 4.78 is 46.2. The second-order valence-electron chi connectivity index (χ2n) is 6.22. The van der Waals surface area contributed by atoms with Gasteiger partial charge in [0.25, 0.3) is 0 Å². The summed E-state index contributed by atoms with van der Waals surface area (Å²) in [6, 6.07) is 2.27. The molecule has 0 saturated carbocycles. The predicted octanol–water partition coefficient (Wildman–Crippen LogP) is 4.52. The van der Waals surface area contributed by atoms with E-state index in [4.69, 9.17) is 4.74 Å². The molecule has 0 fully saturated rings. The average Bonchev–Trinajstić information content (AvgIpc) is 2.71. The van der Waals surface area contributed by atoms with Gasteiger partial charge in [0.15, 0.2) is 5.69 Å². The molecule has 0 atom stereocenters. The number of hydrogen-bond acceptors (Lipinski definition) is 3. The first kappa shape index (κ1) is 17.4. The Morgan fingerprint density at radius 3 is 2.59 bits per heavy atom. The lowest BCUT2D eigenvalue weighted by Crippen LogP contribution is -2.22. The van der Waals surface area contributed by atoms with Crippen LogP contribution >= 0.6 is 15.9 Å². The van der Waals surface area contributed by atoms with Crippen LogP contribution in [-0.2, 0) is 17.6 Å². The van der Waals surface area contributed by atoms with Crippen molar-refractivity contribution in [2.45, 2.75) is 38.6 Å². The number of halogens is 4. The predicted molar refractivity (Wildman–Crippen MR) is 84.3 cm³/mol. The molecule has 0 unspecified atom stereocenters. The molecule has 4 nitrogen and oxygen atoms in total. The van der Waals surface area contributed by atoms with Crippen molar-refractivity contribution in [2.75, 3.05) is 6.61 Å². The Hall–Kier alpha value is -0.933. The average molecular weight is 396 g/mol. The van der Waals surface area contributed by atoms with E-state index in [0.29, 0.717) is 16.7 Å². The number of hydrogen-bond donors (Lipinski definition) is 0. The van der Waals surface area contributed by atoms with Crippen molar-refractivity contribution in [1.29, 1.82) is 0 Å². The summed E-state index contributed by atoms with van der Waals surface area (Å²) in [5.74, 6) is 0. The third kappa shape index (κ3) is 4.29. The third-order valence-electron chi connectivity index (χ3n) is 3.08. The highest BCUT2D eigenvalue weighted by atomic mass is 79.9. The molecule has 2 heterocycles. The molecule has 122 valence electrons. The van der Waals surface area contributed by atoms with Gasteiger partial charge in [-0.3, -0.25) is 0 Å². The fourth-order valence-electron chi connectivity index (χ4n) is 1.88. The minimum absolute atomic E-state index is 0.0135. The van der Waals surface area contributed by atoms with Crippen molar-refractivity contribution in [2.24, 2.45) is 0 Å². The molecule has 0 aromatic carbocycles. The van der Waals surface area contributed by atoms with Gasteiger partial charge in [-0.1, -0.05) is 19.6 Å². The highest BCUT2D eigenvalue weighted by Crippen LogP contribution is 2.34. The summed E-state index contributed by atoms with van der Waals surface area (Å²) in [4.78, 5) is 3.97. The van der Waals surface area contributed by atoms with E-state index >= 15 is 0 Å². The molecule has 2 rings (SSSR count). The lowest BCUT2D eigenvalue weighted by atomic mass is 10.2. The van der Waals surface area contributed by atoms with Crippen molar-refractivity contribution in [3.05, 3.63) is 22.6 Å². The van der Waals surface area contributed by atoms with E-state index in [0.717, 1.165) is 6.04 Å². The van der Waals surface area contributed by atoms with Gasteiger partial charge in [-0.25, -0.2) is 9.67 Å². The monoisotopic (exact) mass is 395 g/mol. The zero-order valence-electron chi connectivity index (χ0n) is 12.5. The summed E-state index contributed by atoms with van der Waals surface area (Å²) in [5, 5.41) is 3.67. The van der Waals surface area contributed by atoms with Crippen molar-refractivity contribution < 1.29 is 17.9 Å². The number of fused-ring (bicyclic) bond motifs is 1. The first-order chi connectivity index (χ1) is 10.1. The van der Waals surface area contributed by atoms with Crippen LogP contribution in [0.15, 0.2) is 16.9 Å². The molecule has 0 N–H and O–H groups in total. The number of alkyl halides is 3. The van der Waals surface area contributed by atoms with Crippen LogP contribution in [0.1, 0.15) is 5.69 Å². The Balaban J connectivity index is 2.23. The van der Waals surface area contributed by atoms with Crippen LogP contribution in [0.25, 0.3) is 10.9 Å². The van der Waals surface area contributed by atoms with Crippen LogP contribution in [0.5, 0.6) is 0 Å². The van der Waals surface area contributed by atoms with Crippen molar-refractivity contribution in [3.8, 4) is 0 Å². The smallest absolute Gasteiger partial charge is 0.360 e. The van der Waals surface area contributed by atoms with Crippen LogP contribution < -0.4 is 0 Å². The lowest BCUT2D eigenvalue weighted by Gasteiger charge is -2.15. The summed E-state index contributed by atoms with van der Waals surface area (Å²) >= 11 is 3.09. The molecule has 0 aliphatic heterocycles. The van der Waals surface area contributed by atoms with Gasteiger partial charge in [0.1, 0.15) is 11.3 Å². The van der Waals surface area contributed by atoms with Gasteiger partial charge in [0.2, 0.25) is 0 Å². The summed E-state index contributed by atoms with van der Waals surface area (Å²) in [6.07, 6.45) is -3.15. The summed E-state index contributed by atoms with van der Waals surface area (Å²) in [7, 11) is -1.23. The second-order valence-corrected chi connectivity index (χ2v) is 12.7. The molecule has 0 saturated heterocycles. The van der Waals surface area contributed by atoms with Gasteiger partial charge in [-0.05, 0) is 28.0 Å². The van der Waals surface area contributed by atoms with Crippen molar-refractivity contribution >= 4 is 34.9 Å². The number of ether oxygens (including phenoxy) is 1. The quantitative estimate of drug-likeness (QED) is 0.424. The Morgan fingerprint density at radius 2 is 2.00 bits per heavy atom. The van der Waals surface area contributed by atoms with Gasteiger partial charge in [0.05, 0.1) is 11.7 Å². The van der Waals surface area contributed by atoms with Crippen LogP contribution in [0.2, 0.25) is 25.7 Å². The van der Waals surface area contributed by atoms with E-state index in [-0.39, 0.29) is 12.1 Å². The van der Waals surface area contributed by atoms with E-state index < -0.39 is 19.9 Å². The molecule has 0 amide bonds. The van der Waals surface area contributed by atoms with Crippen LogP contribution in [-0.4, -0.2) is 29.4 Å². The van der Waals surface area contributed by atoms with Gasteiger partial charge in [0, 0.05) is 20.1 Å². The topological polar surface area (TPSA) is 39.9 Å². The molecule has 0 aliphatic carbocycles. The highest BCUT2D eigenvalue weighted by Gasteiger charge is 2.37. The second kappa shape index (κ2) is 6.29. The maximum Gasteiger partial charge on any atom is 0.435 e. The molecule has 0 bridgehead atoms. The number of rotatable bonds is 5. The van der Waals surface area contributed by atoms with Crippen LogP contribution in [0, 0.1) is 0 Å². The minimum atomic E-state index is -4.51. The van der Waals surface area contributed by atoms with Crippen LogP contribution in [0.3, 0.4) is 0 Å². The number of pyridine rings is 1. The standard InChI is InChI=1S/C13H17BrF3N3OSi/c1-22(2,3)5-4-21-8-20-10-7-18-11(14)6-9(10)12(19-20)13(15,16)17/h6-7H,4-5,8H2,1-3H3. The molecule has 0 radical (unpaired) electrons. The van der Waals surface area contributed by atoms with Gasteiger partial charge in [-0.15, -0.1) is 0 Å². The van der Waals surface area contributed by atoms with E-state index in [1.54, 1.807) is 0 Å². The van der Waals surface area contributed by atoms with E-state index in [1.165, 1.54) is 16.9 Å². The molecular formula is C13H17BrF3N3OSi. The van der Waals surface area contributed by atoms with Crippen molar-refractivity contribution in [1.82, 2.24) is 14.8 Å². The normalized spacial score (nSPS) is 13.0. The van der Waals surface area contributed by atoms with Crippen molar-refractivity contribution in [3.63, 3.8) is 0 Å². The lowest BCUT2D eigenvalue weighted by molar-refractivity contribution is -0.140. The fraction of sp³-hybridized carbons (Fsp3) is 0.538. The third-order valence-corrected chi connectivity index (χ3v) is 5.22. The zero-order chi connectivity index (χ0) is 16.5. The van der Waals surface area contributed by atoms with E-state index in [9.17, 15) is 13.2 Å². The largest absolute Gasteiger partial charge is 0.435 e. The first-order valence-corrected chi connectivity index (χ1v) is 11.2. The van der Waals surface area contributed by atoms with E-state index in [1.807, 2.05) is 0 Å². The molecule has 0 aliphatic rings. The Morgan fingerprint density at radius 1 is 1.32 bits per heavy atom. The SMILES string of the molecule is C[Si](C)(C)CCOCn1nc(C(F)(F)F)c2cc(Br)ncc21. The molecule has 0 spiro atoms. The van der Waals surface area contributed by atoms with Gasteiger partial charge >= 0.3 is 6.18 Å². The molecule has 2 aromatic heterocycles. The maximum atomic E-state index is 13.1.